The van der Waals surface area contributed by atoms with Crippen molar-refractivity contribution < 1.29 is 9.18 Å². The van der Waals surface area contributed by atoms with E-state index in [4.69, 9.17) is 0 Å². The van der Waals surface area contributed by atoms with Crippen LogP contribution >= 0.6 is 11.3 Å². The van der Waals surface area contributed by atoms with Crippen molar-refractivity contribution >= 4 is 32.6 Å². The van der Waals surface area contributed by atoms with Gasteiger partial charge in [-0.2, -0.15) is 0 Å². The van der Waals surface area contributed by atoms with Crippen LogP contribution in [-0.4, -0.2) is 10.9 Å². The van der Waals surface area contributed by atoms with Crippen LogP contribution in [0.15, 0.2) is 48.5 Å². The summed E-state index contributed by atoms with van der Waals surface area (Å²) in [7, 11) is 0. The minimum Gasteiger partial charge on any atom is -0.302 e. The third kappa shape index (κ3) is 3.25. The third-order valence-corrected chi connectivity index (χ3v) is 4.04. The summed E-state index contributed by atoms with van der Waals surface area (Å²) in [6, 6.07) is 14.6. The summed E-state index contributed by atoms with van der Waals surface area (Å²) < 4.78 is 14.3. The first-order valence-corrected chi connectivity index (χ1v) is 7.43. The molecule has 106 valence electrons. The number of anilines is 1. The average molecular weight is 300 g/mol. The molecule has 0 saturated carbocycles. The highest BCUT2D eigenvalue weighted by atomic mass is 32.1. The molecule has 1 aromatic heterocycles. The maximum Gasteiger partial charge on any atom is 0.226 e. The lowest BCUT2D eigenvalue weighted by Crippen LogP contribution is -2.12. The number of aryl methyl sites for hydroxylation is 1. The second-order valence-corrected chi connectivity index (χ2v) is 5.67. The Bertz CT molecular complexity index is 770. The Labute approximate surface area is 125 Å². The fourth-order valence-corrected chi connectivity index (χ4v) is 2.95. The van der Waals surface area contributed by atoms with Gasteiger partial charge in [-0.15, -0.1) is 0 Å². The number of hydrogen-bond donors (Lipinski definition) is 1. The van der Waals surface area contributed by atoms with Crippen LogP contribution in [0.2, 0.25) is 0 Å². The largest absolute Gasteiger partial charge is 0.302 e. The first kappa shape index (κ1) is 13.7. The molecule has 0 aliphatic rings. The lowest BCUT2D eigenvalue weighted by Gasteiger charge is -2.01. The van der Waals surface area contributed by atoms with E-state index in [1.165, 1.54) is 17.4 Å². The number of nitrogens with one attached hydrogen (secondary N) is 1. The molecule has 0 spiro atoms. The van der Waals surface area contributed by atoms with Gasteiger partial charge in [0, 0.05) is 6.42 Å². The molecule has 1 amide bonds. The quantitative estimate of drug-likeness (QED) is 0.791. The number of hydrogen-bond acceptors (Lipinski definition) is 3. The van der Waals surface area contributed by atoms with Crippen molar-refractivity contribution in [2.75, 3.05) is 5.32 Å². The van der Waals surface area contributed by atoms with E-state index in [1.54, 1.807) is 12.1 Å². The fraction of sp³-hybridized carbons (Fsp3) is 0.125. The van der Waals surface area contributed by atoms with Gasteiger partial charge in [-0.3, -0.25) is 4.79 Å². The maximum atomic E-state index is 13.5. The Hall–Kier alpha value is -2.27. The number of nitrogens with zero attached hydrogens (tertiary/aromatic N) is 1. The van der Waals surface area contributed by atoms with Crippen LogP contribution in [0.3, 0.4) is 0 Å². The Morgan fingerprint density at radius 2 is 1.95 bits per heavy atom. The monoisotopic (exact) mass is 300 g/mol. The molecule has 0 aliphatic heterocycles. The molecule has 0 atom stereocenters. The van der Waals surface area contributed by atoms with Crippen LogP contribution in [0, 0.1) is 5.82 Å². The molecule has 1 heterocycles. The summed E-state index contributed by atoms with van der Waals surface area (Å²) >= 11 is 1.28. The molecule has 3 aromatic rings. The van der Waals surface area contributed by atoms with Crippen molar-refractivity contribution in [2.24, 2.45) is 0 Å². The molecule has 21 heavy (non-hydrogen) atoms. The van der Waals surface area contributed by atoms with Gasteiger partial charge in [-0.1, -0.05) is 47.7 Å². The molecule has 3 rings (SSSR count). The van der Waals surface area contributed by atoms with E-state index >= 15 is 0 Å². The molecule has 0 radical (unpaired) electrons. The van der Waals surface area contributed by atoms with Gasteiger partial charge in [-0.25, -0.2) is 9.37 Å². The molecule has 0 unspecified atom stereocenters. The van der Waals surface area contributed by atoms with Crippen molar-refractivity contribution in [3.63, 3.8) is 0 Å². The van der Waals surface area contributed by atoms with Gasteiger partial charge in [-0.05, 0) is 24.1 Å². The van der Waals surface area contributed by atoms with E-state index in [0.29, 0.717) is 23.5 Å². The number of para-hydroxylation sites is 1. The summed E-state index contributed by atoms with van der Waals surface area (Å²) in [5, 5.41) is 3.17. The molecule has 0 aliphatic carbocycles. The lowest BCUT2D eigenvalue weighted by molar-refractivity contribution is -0.116. The van der Waals surface area contributed by atoms with Crippen LogP contribution in [0.25, 0.3) is 10.2 Å². The highest BCUT2D eigenvalue weighted by molar-refractivity contribution is 7.22. The number of amides is 1. The van der Waals surface area contributed by atoms with Crippen LogP contribution in [0.1, 0.15) is 12.0 Å². The number of fused-ring (bicyclic) bond motifs is 1. The van der Waals surface area contributed by atoms with Gasteiger partial charge in [0.15, 0.2) is 5.13 Å². The molecule has 0 saturated heterocycles. The molecule has 0 fully saturated rings. The van der Waals surface area contributed by atoms with Crippen LogP contribution in [0.5, 0.6) is 0 Å². The van der Waals surface area contributed by atoms with Gasteiger partial charge >= 0.3 is 0 Å². The number of halogens is 1. The Morgan fingerprint density at radius 3 is 2.71 bits per heavy atom. The number of rotatable bonds is 4. The maximum absolute atomic E-state index is 13.5. The SMILES string of the molecule is O=C(CCc1ccccc1)Nc1nc2c(F)cccc2s1. The number of carbonyl (C=O) groups is 1. The van der Waals surface area contributed by atoms with Crippen molar-refractivity contribution in [3.05, 3.63) is 59.9 Å². The second-order valence-electron chi connectivity index (χ2n) is 4.64. The highest BCUT2D eigenvalue weighted by Gasteiger charge is 2.10. The van der Waals surface area contributed by atoms with E-state index in [-0.39, 0.29) is 11.7 Å². The van der Waals surface area contributed by atoms with Gasteiger partial charge in [0.25, 0.3) is 0 Å². The Balaban J connectivity index is 1.65. The summed E-state index contributed by atoms with van der Waals surface area (Å²) in [5.74, 6) is -0.480. The number of carbonyl (C=O) groups excluding carboxylic acids is 1. The van der Waals surface area contributed by atoms with E-state index in [9.17, 15) is 9.18 Å². The molecular formula is C16H13FN2OS. The Morgan fingerprint density at radius 1 is 1.14 bits per heavy atom. The fourth-order valence-electron chi connectivity index (χ4n) is 2.05. The van der Waals surface area contributed by atoms with Crippen molar-refractivity contribution in [3.8, 4) is 0 Å². The average Bonchev–Trinajstić information content (AvgIpc) is 2.90. The number of benzene rings is 2. The van der Waals surface area contributed by atoms with Crippen LogP contribution < -0.4 is 5.32 Å². The summed E-state index contributed by atoms with van der Waals surface area (Å²) in [5.41, 5.74) is 1.42. The zero-order valence-electron chi connectivity index (χ0n) is 11.2. The van der Waals surface area contributed by atoms with E-state index < -0.39 is 0 Å². The normalized spacial score (nSPS) is 10.7. The third-order valence-electron chi connectivity index (χ3n) is 3.10. The predicted molar refractivity (Wildman–Crippen MR) is 83.0 cm³/mol. The number of aromatic nitrogens is 1. The molecule has 1 N–H and O–H groups in total. The molecule has 3 nitrogen and oxygen atoms in total. The second kappa shape index (κ2) is 6.01. The van der Waals surface area contributed by atoms with Gasteiger partial charge in [0.1, 0.15) is 11.3 Å². The summed E-state index contributed by atoms with van der Waals surface area (Å²) in [6.07, 6.45) is 1.05. The topological polar surface area (TPSA) is 42.0 Å². The van der Waals surface area contributed by atoms with Gasteiger partial charge in [0.2, 0.25) is 5.91 Å². The van der Waals surface area contributed by atoms with Crippen LogP contribution in [-0.2, 0) is 11.2 Å². The molecule has 2 aromatic carbocycles. The zero-order valence-corrected chi connectivity index (χ0v) is 12.0. The van der Waals surface area contributed by atoms with Crippen molar-refractivity contribution in [1.82, 2.24) is 4.98 Å². The lowest BCUT2D eigenvalue weighted by atomic mass is 10.1. The molecular weight excluding hydrogens is 287 g/mol. The Kier molecular flexibility index (Phi) is 3.92. The first-order chi connectivity index (χ1) is 10.2. The number of thiazole rings is 1. The smallest absolute Gasteiger partial charge is 0.226 e. The zero-order chi connectivity index (χ0) is 14.7. The molecule has 0 bridgehead atoms. The van der Waals surface area contributed by atoms with Crippen molar-refractivity contribution in [2.45, 2.75) is 12.8 Å². The summed E-state index contributed by atoms with van der Waals surface area (Å²) in [6.45, 7) is 0. The van der Waals surface area contributed by atoms with Gasteiger partial charge in [0.05, 0.1) is 4.70 Å². The van der Waals surface area contributed by atoms with E-state index in [0.717, 1.165) is 10.3 Å². The first-order valence-electron chi connectivity index (χ1n) is 6.61. The van der Waals surface area contributed by atoms with E-state index in [1.807, 2.05) is 30.3 Å². The van der Waals surface area contributed by atoms with Crippen LogP contribution in [0.4, 0.5) is 9.52 Å². The summed E-state index contributed by atoms with van der Waals surface area (Å²) in [4.78, 5) is 16.0. The standard InChI is InChI=1S/C16H13FN2OS/c17-12-7-4-8-13-15(12)19-16(21-13)18-14(20)10-9-11-5-2-1-3-6-11/h1-8H,9-10H2,(H,18,19,20). The van der Waals surface area contributed by atoms with E-state index in [2.05, 4.69) is 10.3 Å². The molecule has 5 heteroatoms. The predicted octanol–water partition coefficient (Wildman–Crippen LogP) is 4.01. The van der Waals surface area contributed by atoms with Gasteiger partial charge < -0.3 is 5.32 Å². The minimum absolute atomic E-state index is 0.113. The minimum atomic E-state index is -0.367. The highest BCUT2D eigenvalue weighted by Crippen LogP contribution is 2.27. The van der Waals surface area contributed by atoms with Crippen molar-refractivity contribution in [1.29, 1.82) is 0 Å².